The molecule has 2 N–H and O–H groups in total. The molecular weight excluding hydrogens is 206 g/mol. The topological polar surface area (TPSA) is 52.9 Å². The second kappa shape index (κ2) is 8.01. The minimum absolute atomic E-state index is 0.102. The highest BCUT2D eigenvalue weighted by Crippen LogP contribution is 2.19. The number of aliphatic hydroxyl groups excluding tert-OH is 2. The minimum Gasteiger partial charge on any atom is -0.396 e. The van der Waals surface area contributed by atoms with E-state index in [9.17, 15) is 5.11 Å². The molecule has 16 heavy (non-hydrogen) atoms. The van der Waals surface area contributed by atoms with Gasteiger partial charge in [0.1, 0.15) is 0 Å². The summed E-state index contributed by atoms with van der Waals surface area (Å²) in [5.74, 6) is 0.768. The molecule has 1 aliphatic heterocycles. The van der Waals surface area contributed by atoms with E-state index in [0.717, 1.165) is 38.5 Å². The Hall–Kier alpha value is -0.160. The summed E-state index contributed by atoms with van der Waals surface area (Å²) >= 11 is 0. The minimum atomic E-state index is 0.102. The third-order valence-electron chi connectivity index (χ3n) is 3.53. The fourth-order valence-electron chi connectivity index (χ4n) is 2.20. The van der Waals surface area contributed by atoms with E-state index in [1.807, 2.05) is 7.05 Å². The average molecular weight is 231 g/mol. The second-order valence-corrected chi connectivity index (χ2v) is 4.67. The van der Waals surface area contributed by atoms with Crippen LogP contribution in [0.5, 0.6) is 0 Å². The molecule has 1 rings (SSSR count). The van der Waals surface area contributed by atoms with Crippen LogP contribution in [0.4, 0.5) is 0 Å². The van der Waals surface area contributed by atoms with Gasteiger partial charge in [-0.15, -0.1) is 0 Å². The number of likely N-dealkylation sites (N-methyl/N-ethyl adjacent to an activating group) is 1. The summed E-state index contributed by atoms with van der Waals surface area (Å²) in [5, 5.41) is 18.1. The molecule has 0 aliphatic carbocycles. The Morgan fingerprint density at radius 1 is 1.31 bits per heavy atom. The molecule has 0 amide bonds. The summed E-state index contributed by atoms with van der Waals surface area (Å²) in [7, 11) is 2.02. The maximum absolute atomic E-state index is 9.19. The largest absolute Gasteiger partial charge is 0.396 e. The van der Waals surface area contributed by atoms with Crippen molar-refractivity contribution in [1.82, 2.24) is 4.90 Å². The third-order valence-corrected chi connectivity index (χ3v) is 3.53. The first kappa shape index (κ1) is 13.9. The molecule has 0 aromatic rings. The van der Waals surface area contributed by atoms with Crippen LogP contribution in [-0.4, -0.2) is 61.2 Å². The van der Waals surface area contributed by atoms with Gasteiger partial charge in [-0.1, -0.05) is 0 Å². The SMILES string of the molecule is CN(CCC1CCOCC1)C(CO)CCO. The molecule has 0 spiro atoms. The molecule has 96 valence electrons. The summed E-state index contributed by atoms with van der Waals surface area (Å²) in [6.45, 7) is 3.07. The standard InChI is InChI=1S/C12H25NO3/c1-13(12(10-15)3-7-14)6-2-11-4-8-16-9-5-11/h11-12,14-15H,2-10H2,1H3. The number of nitrogens with zero attached hydrogens (tertiary/aromatic N) is 1. The van der Waals surface area contributed by atoms with Crippen molar-refractivity contribution < 1.29 is 14.9 Å². The van der Waals surface area contributed by atoms with Gasteiger partial charge in [0.15, 0.2) is 0 Å². The zero-order chi connectivity index (χ0) is 11.8. The van der Waals surface area contributed by atoms with Gasteiger partial charge in [0.2, 0.25) is 0 Å². The fraction of sp³-hybridized carbons (Fsp3) is 1.00. The number of hydrogen-bond acceptors (Lipinski definition) is 4. The molecule has 4 heteroatoms. The third kappa shape index (κ3) is 4.78. The average Bonchev–Trinajstić information content (AvgIpc) is 2.34. The Bertz CT molecular complexity index is 172. The molecule has 1 unspecified atom stereocenters. The maximum atomic E-state index is 9.19. The molecule has 0 radical (unpaired) electrons. The molecular formula is C12H25NO3. The molecule has 4 nitrogen and oxygen atoms in total. The Labute approximate surface area is 98.2 Å². The molecule has 1 atom stereocenters. The highest BCUT2D eigenvalue weighted by molar-refractivity contribution is 4.70. The molecule has 0 aromatic carbocycles. The first-order chi connectivity index (χ1) is 7.77. The van der Waals surface area contributed by atoms with E-state index in [1.54, 1.807) is 0 Å². The second-order valence-electron chi connectivity index (χ2n) is 4.67. The normalized spacial score (nSPS) is 20.2. The van der Waals surface area contributed by atoms with E-state index in [1.165, 1.54) is 6.42 Å². The summed E-state index contributed by atoms with van der Waals surface area (Å²) < 4.78 is 5.33. The number of ether oxygens (including phenoxy) is 1. The lowest BCUT2D eigenvalue weighted by Crippen LogP contribution is -2.37. The van der Waals surface area contributed by atoms with Crippen LogP contribution in [0.15, 0.2) is 0 Å². The molecule has 1 saturated heterocycles. The van der Waals surface area contributed by atoms with Gasteiger partial charge in [0, 0.05) is 25.9 Å². The van der Waals surface area contributed by atoms with Crippen LogP contribution in [0.3, 0.4) is 0 Å². The first-order valence-corrected chi connectivity index (χ1v) is 6.27. The lowest BCUT2D eigenvalue weighted by atomic mass is 9.96. The van der Waals surface area contributed by atoms with Crippen molar-refractivity contribution in [3.63, 3.8) is 0 Å². The van der Waals surface area contributed by atoms with Crippen molar-refractivity contribution >= 4 is 0 Å². The Balaban J connectivity index is 2.18. The Morgan fingerprint density at radius 2 is 2.00 bits per heavy atom. The van der Waals surface area contributed by atoms with Gasteiger partial charge in [0.05, 0.1) is 6.61 Å². The van der Waals surface area contributed by atoms with E-state index >= 15 is 0 Å². The lowest BCUT2D eigenvalue weighted by Gasteiger charge is -2.29. The van der Waals surface area contributed by atoms with Gasteiger partial charge in [-0.05, 0) is 45.2 Å². The summed E-state index contributed by atoms with van der Waals surface area (Å²) in [5.41, 5.74) is 0. The number of aliphatic hydroxyl groups is 2. The van der Waals surface area contributed by atoms with Crippen molar-refractivity contribution in [1.29, 1.82) is 0 Å². The molecule has 0 aromatic heterocycles. The number of rotatable bonds is 7. The summed E-state index contributed by atoms with van der Waals surface area (Å²) in [6.07, 6.45) is 4.15. The van der Waals surface area contributed by atoms with Crippen molar-refractivity contribution in [2.45, 2.75) is 31.7 Å². The fourth-order valence-corrected chi connectivity index (χ4v) is 2.20. The van der Waals surface area contributed by atoms with Gasteiger partial charge < -0.3 is 19.8 Å². The van der Waals surface area contributed by atoms with Crippen molar-refractivity contribution in [2.24, 2.45) is 5.92 Å². The quantitative estimate of drug-likeness (QED) is 0.669. The zero-order valence-electron chi connectivity index (χ0n) is 10.3. The van der Waals surface area contributed by atoms with Crippen molar-refractivity contribution in [2.75, 3.05) is 40.0 Å². The molecule has 0 saturated carbocycles. The van der Waals surface area contributed by atoms with Crippen LogP contribution in [-0.2, 0) is 4.74 Å². The molecule has 1 fully saturated rings. The summed E-state index contributed by atoms with van der Waals surface area (Å²) in [4.78, 5) is 2.16. The van der Waals surface area contributed by atoms with E-state index in [2.05, 4.69) is 4.90 Å². The van der Waals surface area contributed by atoms with Crippen LogP contribution in [0.2, 0.25) is 0 Å². The van der Waals surface area contributed by atoms with Gasteiger partial charge in [-0.25, -0.2) is 0 Å². The molecule has 0 bridgehead atoms. The van der Waals surface area contributed by atoms with Crippen LogP contribution in [0.1, 0.15) is 25.7 Å². The van der Waals surface area contributed by atoms with E-state index in [0.29, 0.717) is 6.42 Å². The van der Waals surface area contributed by atoms with Crippen LogP contribution in [0.25, 0.3) is 0 Å². The molecule has 1 aliphatic rings. The summed E-state index contributed by atoms with van der Waals surface area (Å²) in [6, 6.07) is 0.102. The zero-order valence-corrected chi connectivity index (χ0v) is 10.3. The van der Waals surface area contributed by atoms with Crippen LogP contribution >= 0.6 is 0 Å². The van der Waals surface area contributed by atoms with E-state index in [-0.39, 0.29) is 19.3 Å². The van der Waals surface area contributed by atoms with Gasteiger partial charge >= 0.3 is 0 Å². The van der Waals surface area contributed by atoms with Gasteiger partial charge in [-0.3, -0.25) is 0 Å². The van der Waals surface area contributed by atoms with Crippen molar-refractivity contribution in [3.05, 3.63) is 0 Å². The predicted octanol–water partition coefficient (Wildman–Crippen LogP) is 0.478. The number of hydrogen-bond donors (Lipinski definition) is 2. The smallest absolute Gasteiger partial charge is 0.0587 e. The predicted molar refractivity (Wildman–Crippen MR) is 63.4 cm³/mol. The van der Waals surface area contributed by atoms with E-state index < -0.39 is 0 Å². The first-order valence-electron chi connectivity index (χ1n) is 6.27. The lowest BCUT2D eigenvalue weighted by molar-refractivity contribution is 0.0555. The molecule has 1 heterocycles. The van der Waals surface area contributed by atoms with Crippen molar-refractivity contribution in [3.8, 4) is 0 Å². The van der Waals surface area contributed by atoms with Crippen LogP contribution in [0, 0.1) is 5.92 Å². The Morgan fingerprint density at radius 3 is 2.56 bits per heavy atom. The monoisotopic (exact) mass is 231 g/mol. The Kier molecular flexibility index (Phi) is 6.96. The van der Waals surface area contributed by atoms with Gasteiger partial charge in [-0.2, -0.15) is 0 Å². The highest BCUT2D eigenvalue weighted by Gasteiger charge is 2.17. The highest BCUT2D eigenvalue weighted by atomic mass is 16.5. The van der Waals surface area contributed by atoms with Gasteiger partial charge in [0.25, 0.3) is 0 Å². The maximum Gasteiger partial charge on any atom is 0.0587 e. The van der Waals surface area contributed by atoms with E-state index in [4.69, 9.17) is 9.84 Å². The van der Waals surface area contributed by atoms with Crippen LogP contribution < -0.4 is 0 Å².